The third kappa shape index (κ3) is 10.7. The number of carbonyl (C=O) groups is 1. The van der Waals surface area contributed by atoms with Crippen molar-refractivity contribution in [2.45, 2.75) is 116 Å². The summed E-state index contributed by atoms with van der Waals surface area (Å²) in [7, 11) is 1.83. The van der Waals surface area contributed by atoms with Gasteiger partial charge in [-0.15, -0.1) is 0 Å². The second-order valence-corrected chi connectivity index (χ2v) is 8.80. The third-order valence-corrected chi connectivity index (χ3v) is 5.15. The van der Waals surface area contributed by atoms with E-state index in [0.29, 0.717) is 6.04 Å². The van der Waals surface area contributed by atoms with E-state index < -0.39 is 5.60 Å². The number of carbonyl (C=O) groups excluding carboxylic acids is 1. The topological polar surface area (TPSA) is 41.6 Å². The van der Waals surface area contributed by atoms with E-state index in [-0.39, 0.29) is 12.1 Å². The molecule has 0 heterocycles. The lowest BCUT2D eigenvalue weighted by atomic mass is 9.98. The number of rotatable bonds is 4. The van der Waals surface area contributed by atoms with Crippen LogP contribution in [0.25, 0.3) is 0 Å². The molecule has 1 rings (SSSR count). The van der Waals surface area contributed by atoms with E-state index >= 15 is 0 Å². The molecule has 148 valence electrons. The molecule has 4 nitrogen and oxygen atoms in total. The largest absolute Gasteiger partial charge is 0.444 e. The van der Waals surface area contributed by atoms with Crippen LogP contribution in [-0.4, -0.2) is 42.3 Å². The Labute approximate surface area is 156 Å². The van der Waals surface area contributed by atoms with Gasteiger partial charge >= 0.3 is 6.09 Å². The van der Waals surface area contributed by atoms with Gasteiger partial charge in [0, 0.05) is 25.7 Å². The molecule has 4 heteroatoms. The van der Waals surface area contributed by atoms with E-state index in [2.05, 4.69) is 12.2 Å². The zero-order valence-electron chi connectivity index (χ0n) is 17.4. The first-order chi connectivity index (χ1) is 11.8. The number of hydrogen-bond acceptors (Lipinski definition) is 3. The summed E-state index contributed by atoms with van der Waals surface area (Å²) in [5, 5.41) is 3.72. The van der Waals surface area contributed by atoms with Crippen LogP contribution in [0.5, 0.6) is 0 Å². The minimum absolute atomic E-state index is 0.135. The lowest BCUT2D eigenvalue weighted by Gasteiger charge is -2.30. The van der Waals surface area contributed by atoms with Crippen LogP contribution >= 0.6 is 0 Å². The molecule has 0 aliphatic heterocycles. The fourth-order valence-electron chi connectivity index (χ4n) is 3.36. The van der Waals surface area contributed by atoms with E-state index in [4.69, 9.17) is 4.74 Å². The summed E-state index contributed by atoms with van der Waals surface area (Å²) in [6.45, 7) is 8.65. The molecule has 1 aliphatic rings. The van der Waals surface area contributed by atoms with E-state index in [1.165, 1.54) is 70.6 Å². The lowest BCUT2D eigenvalue weighted by Crippen LogP contribution is -2.46. The zero-order chi connectivity index (χ0) is 18.7. The lowest BCUT2D eigenvalue weighted by molar-refractivity contribution is 0.0233. The standard InChI is InChI=1S/C21H42N2O2/c1-18(23(5)20(24)25-21(2,3)4)17-22-19-15-13-11-9-7-6-8-10-12-14-16-19/h18-19,22H,6-17H2,1-5H3. The van der Waals surface area contributed by atoms with Crippen molar-refractivity contribution in [3.05, 3.63) is 0 Å². The summed E-state index contributed by atoms with van der Waals surface area (Å²) in [5.74, 6) is 0. The molecule has 1 unspecified atom stereocenters. The van der Waals surface area contributed by atoms with Gasteiger partial charge in [0.15, 0.2) is 0 Å². The minimum Gasteiger partial charge on any atom is -0.444 e. The summed E-state index contributed by atoms with van der Waals surface area (Å²) < 4.78 is 5.46. The Hall–Kier alpha value is -0.770. The maximum atomic E-state index is 12.2. The van der Waals surface area contributed by atoms with Gasteiger partial charge in [0.05, 0.1) is 0 Å². The van der Waals surface area contributed by atoms with Crippen LogP contribution in [0, 0.1) is 0 Å². The predicted molar refractivity (Wildman–Crippen MR) is 106 cm³/mol. The Bertz CT molecular complexity index is 353. The molecule has 1 atom stereocenters. The van der Waals surface area contributed by atoms with Crippen molar-refractivity contribution in [2.24, 2.45) is 0 Å². The van der Waals surface area contributed by atoms with Gasteiger partial charge in [0.1, 0.15) is 5.60 Å². The molecule has 25 heavy (non-hydrogen) atoms. The molecule has 0 aromatic rings. The van der Waals surface area contributed by atoms with Gasteiger partial charge in [-0.25, -0.2) is 4.79 Å². The fourth-order valence-corrected chi connectivity index (χ4v) is 3.36. The fraction of sp³-hybridized carbons (Fsp3) is 0.952. The van der Waals surface area contributed by atoms with Gasteiger partial charge in [0.2, 0.25) is 0 Å². The highest BCUT2D eigenvalue weighted by Crippen LogP contribution is 2.17. The van der Waals surface area contributed by atoms with Crippen LogP contribution in [0.1, 0.15) is 98.3 Å². The SMILES string of the molecule is CC(CNC1CCCCCCCCCCC1)N(C)C(=O)OC(C)(C)C. The highest BCUT2D eigenvalue weighted by molar-refractivity contribution is 5.68. The Kier molecular flexibility index (Phi) is 10.5. The first kappa shape index (κ1) is 22.3. The summed E-state index contributed by atoms with van der Waals surface area (Å²) in [4.78, 5) is 13.9. The molecular formula is C21H42N2O2. The molecule has 1 aliphatic carbocycles. The van der Waals surface area contributed by atoms with Crippen LogP contribution in [0.3, 0.4) is 0 Å². The van der Waals surface area contributed by atoms with Crippen LogP contribution in [-0.2, 0) is 4.74 Å². The maximum Gasteiger partial charge on any atom is 0.410 e. The van der Waals surface area contributed by atoms with E-state index in [1.807, 2.05) is 27.8 Å². The second kappa shape index (κ2) is 11.8. The van der Waals surface area contributed by atoms with Crippen LogP contribution in [0.15, 0.2) is 0 Å². The van der Waals surface area contributed by atoms with E-state index in [9.17, 15) is 4.79 Å². The minimum atomic E-state index is -0.438. The molecule has 0 spiro atoms. The van der Waals surface area contributed by atoms with Crippen molar-refractivity contribution < 1.29 is 9.53 Å². The number of nitrogens with zero attached hydrogens (tertiary/aromatic N) is 1. The quantitative estimate of drug-likeness (QED) is 0.724. The highest BCUT2D eigenvalue weighted by atomic mass is 16.6. The zero-order valence-corrected chi connectivity index (χ0v) is 17.4. The summed E-state index contributed by atoms with van der Waals surface area (Å²) in [6, 6.07) is 0.727. The average molecular weight is 355 g/mol. The number of likely N-dealkylation sites (N-methyl/N-ethyl adjacent to an activating group) is 1. The normalized spacial score (nSPS) is 20.2. The van der Waals surface area contributed by atoms with Gasteiger partial charge < -0.3 is 15.0 Å². The Morgan fingerprint density at radius 2 is 1.44 bits per heavy atom. The molecule has 1 saturated carbocycles. The van der Waals surface area contributed by atoms with Crippen molar-refractivity contribution >= 4 is 6.09 Å². The van der Waals surface area contributed by atoms with Crippen LogP contribution < -0.4 is 5.32 Å². The molecule has 1 fully saturated rings. The summed E-state index contributed by atoms with van der Waals surface area (Å²) >= 11 is 0. The number of ether oxygens (including phenoxy) is 1. The summed E-state index contributed by atoms with van der Waals surface area (Å²) in [6.07, 6.45) is 14.7. The Balaban J connectivity index is 2.39. The third-order valence-electron chi connectivity index (χ3n) is 5.15. The van der Waals surface area contributed by atoms with Crippen LogP contribution in [0.4, 0.5) is 4.79 Å². The molecular weight excluding hydrogens is 312 g/mol. The first-order valence-electron chi connectivity index (χ1n) is 10.5. The summed E-state index contributed by atoms with van der Waals surface area (Å²) in [5.41, 5.74) is -0.438. The van der Waals surface area contributed by atoms with Crippen molar-refractivity contribution in [1.29, 1.82) is 0 Å². The van der Waals surface area contributed by atoms with Crippen LogP contribution in [0.2, 0.25) is 0 Å². The van der Waals surface area contributed by atoms with Crippen molar-refractivity contribution in [3.8, 4) is 0 Å². The van der Waals surface area contributed by atoms with Gasteiger partial charge in [-0.05, 0) is 40.5 Å². The Morgan fingerprint density at radius 1 is 1.00 bits per heavy atom. The molecule has 0 bridgehead atoms. The molecule has 0 aromatic carbocycles. The molecule has 1 N–H and O–H groups in total. The van der Waals surface area contributed by atoms with Crippen molar-refractivity contribution in [3.63, 3.8) is 0 Å². The number of nitrogens with one attached hydrogen (secondary N) is 1. The number of hydrogen-bond donors (Lipinski definition) is 1. The smallest absolute Gasteiger partial charge is 0.410 e. The second-order valence-electron chi connectivity index (χ2n) is 8.80. The molecule has 0 saturated heterocycles. The monoisotopic (exact) mass is 354 g/mol. The average Bonchev–Trinajstić information content (AvgIpc) is 2.51. The van der Waals surface area contributed by atoms with Gasteiger partial charge in [-0.2, -0.15) is 0 Å². The Morgan fingerprint density at radius 3 is 1.88 bits per heavy atom. The predicted octanol–water partition coefficient (Wildman–Crippen LogP) is 5.50. The van der Waals surface area contributed by atoms with E-state index in [1.54, 1.807) is 4.90 Å². The van der Waals surface area contributed by atoms with E-state index in [0.717, 1.165) is 6.54 Å². The first-order valence-corrected chi connectivity index (χ1v) is 10.5. The molecule has 0 aromatic heterocycles. The van der Waals surface area contributed by atoms with Crippen molar-refractivity contribution in [2.75, 3.05) is 13.6 Å². The maximum absolute atomic E-state index is 12.2. The number of amides is 1. The van der Waals surface area contributed by atoms with Gasteiger partial charge in [-0.3, -0.25) is 0 Å². The van der Waals surface area contributed by atoms with Gasteiger partial charge in [0.25, 0.3) is 0 Å². The molecule has 1 amide bonds. The van der Waals surface area contributed by atoms with Gasteiger partial charge in [-0.1, -0.05) is 57.8 Å². The highest BCUT2D eigenvalue weighted by Gasteiger charge is 2.23. The van der Waals surface area contributed by atoms with Crippen molar-refractivity contribution in [1.82, 2.24) is 10.2 Å². The molecule has 0 radical (unpaired) electrons.